The fourth-order valence-electron chi connectivity index (χ4n) is 6.32. The van der Waals surface area contributed by atoms with Crippen LogP contribution in [0.2, 0.25) is 5.02 Å². The van der Waals surface area contributed by atoms with Crippen molar-refractivity contribution in [1.29, 1.82) is 0 Å². The highest BCUT2D eigenvalue weighted by Crippen LogP contribution is 2.34. The first kappa shape index (κ1) is 34.3. The van der Waals surface area contributed by atoms with Crippen molar-refractivity contribution in [2.45, 2.75) is 71.6 Å². The lowest BCUT2D eigenvalue weighted by molar-refractivity contribution is 0.0950. The van der Waals surface area contributed by atoms with Crippen molar-refractivity contribution in [2.24, 2.45) is 0 Å². The van der Waals surface area contributed by atoms with Gasteiger partial charge in [0.05, 0.1) is 25.8 Å². The fraction of sp³-hybridized carbons (Fsp3) is 0.486. The lowest BCUT2D eigenvalue weighted by Gasteiger charge is -2.41. The van der Waals surface area contributed by atoms with Crippen LogP contribution >= 0.6 is 11.6 Å². The normalized spacial score (nSPS) is 16.4. The molecule has 10 heteroatoms. The van der Waals surface area contributed by atoms with Gasteiger partial charge in [0.25, 0.3) is 5.91 Å². The number of nitrogens with one attached hydrogen (secondary N) is 2. The Morgan fingerprint density at radius 2 is 1.78 bits per heavy atom. The van der Waals surface area contributed by atoms with Gasteiger partial charge in [0.15, 0.2) is 11.3 Å². The zero-order valence-corrected chi connectivity index (χ0v) is 28.1. The smallest absolute Gasteiger partial charge is 0.251 e. The number of aryl methyl sites for hydroxylation is 1. The number of methoxy groups -OCH3 is 2. The average Bonchev–Trinajstić information content (AvgIpc) is 3.02. The van der Waals surface area contributed by atoms with Crippen LogP contribution in [0.4, 0.5) is 5.69 Å². The van der Waals surface area contributed by atoms with Crippen LogP contribution in [-0.2, 0) is 17.8 Å². The Kier molecular flexibility index (Phi) is 12.3. The third kappa shape index (κ3) is 8.81. The number of benzene rings is 2. The first-order valence-corrected chi connectivity index (χ1v) is 16.1. The van der Waals surface area contributed by atoms with Crippen LogP contribution in [0.25, 0.3) is 0 Å². The molecule has 1 saturated carbocycles. The van der Waals surface area contributed by atoms with Gasteiger partial charge in [0.1, 0.15) is 12.4 Å². The summed E-state index contributed by atoms with van der Waals surface area (Å²) in [7, 11) is 5.37. The van der Waals surface area contributed by atoms with Crippen molar-refractivity contribution in [3.63, 3.8) is 0 Å². The molecule has 4 rings (SSSR count). The van der Waals surface area contributed by atoms with E-state index in [1.807, 2.05) is 25.1 Å². The van der Waals surface area contributed by atoms with E-state index in [0.29, 0.717) is 53.0 Å². The van der Waals surface area contributed by atoms with Crippen LogP contribution < -0.4 is 25.1 Å². The zero-order valence-electron chi connectivity index (χ0n) is 27.4. The van der Waals surface area contributed by atoms with Crippen molar-refractivity contribution >= 4 is 23.2 Å². The van der Waals surface area contributed by atoms with Gasteiger partial charge >= 0.3 is 0 Å². The molecule has 0 saturated heterocycles. The maximum atomic E-state index is 13.4. The third-order valence-corrected chi connectivity index (χ3v) is 8.93. The van der Waals surface area contributed by atoms with Gasteiger partial charge < -0.3 is 29.4 Å². The second kappa shape index (κ2) is 16.2. The summed E-state index contributed by atoms with van der Waals surface area (Å²) in [5.74, 6) is 0.934. The lowest BCUT2D eigenvalue weighted by Crippen LogP contribution is -2.43. The number of amides is 1. The lowest BCUT2D eigenvalue weighted by atomic mass is 9.88. The summed E-state index contributed by atoms with van der Waals surface area (Å²) in [6.07, 6.45) is 4.27. The minimum absolute atomic E-state index is 0.0407. The first-order valence-electron chi connectivity index (χ1n) is 15.7. The zero-order chi connectivity index (χ0) is 32.5. The summed E-state index contributed by atoms with van der Waals surface area (Å²) in [5, 5.41) is 3.41. The summed E-state index contributed by atoms with van der Waals surface area (Å²) < 4.78 is 16.2. The van der Waals surface area contributed by atoms with E-state index in [1.165, 1.54) is 18.7 Å². The van der Waals surface area contributed by atoms with Crippen molar-refractivity contribution < 1.29 is 19.0 Å². The van der Waals surface area contributed by atoms with Gasteiger partial charge in [-0.25, -0.2) is 0 Å². The number of hydrogen-bond acceptors (Lipinski definition) is 7. The van der Waals surface area contributed by atoms with E-state index in [-0.39, 0.29) is 17.9 Å². The highest BCUT2D eigenvalue weighted by atomic mass is 35.5. The number of H-pyrrole nitrogens is 1. The number of hydrogen-bond donors (Lipinski definition) is 2. The molecule has 1 amide bonds. The highest BCUT2D eigenvalue weighted by Gasteiger charge is 2.29. The molecule has 0 spiro atoms. The second-order valence-electron chi connectivity index (χ2n) is 11.8. The van der Waals surface area contributed by atoms with E-state index in [4.69, 9.17) is 25.8 Å². The molecule has 45 heavy (non-hydrogen) atoms. The largest absolute Gasteiger partial charge is 0.491 e. The fourth-order valence-corrected chi connectivity index (χ4v) is 6.53. The molecule has 244 valence electrons. The number of halogens is 1. The molecule has 0 aliphatic heterocycles. The van der Waals surface area contributed by atoms with Gasteiger partial charge in [0.2, 0.25) is 0 Å². The molecule has 0 bridgehead atoms. The standard InChI is InChI=1S/C35H47ClN4O5/c1-7-40(28-13-11-27(12-14-28)39(4)22-25-9-8-10-29(18-25)45-16-15-43-5)32-20-26(36)19-30(24(32)3)34(42)37-21-31-33(41)17-23(2)38-35(31)44-6/h8-10,17-20,27-28H,7,11-16,21-22H2,1-6H3,(H,37,42)(H,38,41)/t27-,28-. The van der Waals surface area contributed by atoms with E-state index in [2.05, 4.69) is 46.2 Å². The van der Waals surface area contributed by atoms with Crippen molar-refractivity contribution in [3.8, 4) is 11.6 Å². The van der Waals surface area contributed by atoms with E-state index in [0.717, 1.165) is 55.8 Å². The van der Waals surface area contributed by atoms with Crippen LogP contribution in [0.1, 0.15) is 65.3 Å². The van der Waals surface area contributed by atoms with Gasteiger partial charge in [-0.1, -0.05) is 23.7 Å². The quantitative estimate of drug-likeness (QED) is 0.213. The molecule has 2 aromatic carbocycles. The van der Waals surface area contributed by atoms with Gasteiger partial charge in [0, 0.05) is 60.3 Å². The summed E-state index contributed by atoms with van der Waals surface area (Å²) >= 11 is 6.60. The van der Waals surface area contributed by atoms with Crippen LogP contribution in [0.5, 0.6) is 11.6 Å². The van der Waals surface area contributed by atoms with Crippen LogP contribution in [0.15, 0.2) is 47.3 Å². The Balaban J connectivity index is 1.40. The Morgan fingerprint density at radius 3 is 2.47 bits per heavy atom. The molecule has 0 unspecified atom stereocenters. The van der Waals surface area contributed by atoms with E-state index >= 15 is 0 Å². The summed E-state index contributed by atoms with van der Waals surface area (Å²) in [6, 6.07) is 14.3. The van der Waals surface area contributed by atoms with E-state index in [1.54, 1.807) is 20.1 Å². The molecule has 0 radical (unpaired) electrons. The molecule has 2 N–H and O–H groups in total. The molecule has 9 nitrogen and oxygen atoms in total. The van der Waals surface area contributed by atoms with E-state index < -0.39 is 0 Å². The number of carbonyl (C=O) groups is 1. The second-order valence-corrected chi connectivity index (χ2v) is 12.2. The van der Waals surface area contributed by atoms with Gasteiger partial charge in [-0.3, -0.25) is 14.5 Å². The molecule has 1 aliphatic carbocycles. The number of ether oxygens (including phenoxy) is 3. The molecule has 1 aromatic heterocycles. The van der Waals surface area contributed by atoms with Gasteiger partial charge in [-0.05, 0) is 88.9 Å². The molecule has 0 atom stereocenters. The highest BCUT2D eigenvalue weighted by molar-refractivity contribution is 6.31. The van der Waals surface area contributed by atoms with Crippen LogP contribution in [0, 0.1) is 13.8 Å². The number of aromatic amines is 1. The molecule has 1 heterocycles. The number of nitrogens with zero attached hydrogens (tertiary/aromatic N) is 2. The minimum Gasteiger partial charge on any atom is -0.491 e. The summed E-state index contributed by atoms with van der Waals surface area (Å²) in [5.41, 5.74) is 4.45. The first-order chi connectivity index (χ1) is 21.6. The monoisotopic (exact) mass is 638 g/mol. The van der Waals surface area contributed by atoms with Gasteiger partial charge in [-0.2, -0.15) is 0 Å². The Morgan fingerprint density at radius 1 is 1.04 bits per heavy atom. The topological polar surface area (TPSA) is 96.1 Å². The maximum absolute atomic E-state index is 13.4. The Bertz CT molecular complexity index is 1500. The number of aromatic nitrogens is 1. The number of carbonyl (C=O) groups excluding carboxylic acids is 1. The Hall–Kier alpha value is -3.53. The molecular formula is C35H47ClN4O5. The van der Waals surface area contributed by atoms with Crippen LogP contribution in [0.3, 0.4) is 0 Å². The van der Waals surface area contributed by atoms with Crippen LogP contribution in [-0.4, -0.2) is 68.9 Å². The van der Waals surface area contributed by atoms with Crippen molar-refractivity contribution in [1.82, 2.24) is 15.2 Å². The number of rotatable bonds is 14. The predicted molar refractivity (Wildman–Crippen MR) is 180 cm³/mol. The van der Waals surface area contributed by atoms with E-state index in [9.17, 15) is 9.59 Å². The Labute approximate surface area is 271 Å². The number of anilines is 1. The minimum atomic E-state index is -0.284. The van der Waals surface area contributed by atoms with Crippen molar-refractivity contribution in [3.05, 3.63) is 85.7 Å². The predicted octanol–water partition coefficient (Wildman–Crippen LogP) is 5.88. The van der Waals surface area contributed by atoms with Gasteiger partial charge in [-0.15, -0.1) is 0 Å². The summed E-state index contributed by atoms with van der Waals surface area (Å²) in [6.45, 7) is 8.71. The molecular weight excluding hydrogens is 592 g/mol. The molecule has 1 fully saturated rings. The summed E-state index contributed by atoms with van der Waals surface area (Å²) in [4.78, 5) is 33.8. The van der Waals surface area contributed by atoms with Crippen molar-refractivity contribution in [2.75, 3.05) is 45.9 Å². The maximum Gasteiger partial charge on any atom is 0.251 e. The molecule has 3 aromatic rings. The average molecular weight is 639 g/mol. The third-order valence-electron chi connectivity index (χ3n) is 8.72. The SMILES string of the molecule is CCN(c1cc(Cl)cc(C(=O)NCc2c(OC)[nH]c(C)cc2=O)c1C)[C@H]1CC[C@H](N(C)Cc2cccc(OCCOC)c2)CC1. The number of pyridine rings is 1. The molecule has 1 aliphatic rings.